The van der Waals surface area contributed by atoms with E-state index in [1.54, 1.807) is 0 Å². The maximum absolute atomic E-state index is 10.5. The predicted octanol–water partition coefficient (Wildman–Crippen LogP) is 3.60. The van der Waals surface area contributed by atoms with E-state index in [4.69, 9.17) is 0 Å². The SMILES string of the molecule is CC(C)(C)N1CCCC1c1ccccc1C1(O)CC1. The lowest BCUT2D eigenvalue weighted by atomic mass is 9.92. The zero-order chi connectivity index (χ0) is 13.7. The third-order valence-corrected chi connectivity index (χ3v) is 4.66. The molecule has 104 valence electrons. The van der Waals surface area contributed by atoms with E-state index in [0.29, 0.717) is 6.04 Å². The largest absolute Gasteiger partial charge is 0.385 e. The summed E-state index contributed by atoms with van der Waals surface area (Å²) in [7, 11) is 0. The molecule has 1 N–H and O–H groups in total. The zero-order valence-electron chi connectivity index (χ0n) is 12.3. The molecule has 1 atom stereocenters. The standard InChI is InChI=1S/C17H25NO/c1-16(2,3)18-12-6-9-15(18)13-7-4-5-8-14(13)17(19)10-11-17/h4-5,7-8,15,19H,6,9-12H2,1-3H3. The van der Waals surface area contributed by atoms with Crippen LogP contribution in [-0.2, 0) is 5.60 Å². The van der Waals surface area contributed by atoms with E-state index in [0.717, 1.165) is 12.8 Å². The summed E-state index contributed by atoms with van der Waals surface area (Å²) in [6.07, 6.45) is 4.32. The Bertz CT molecular complexity index is 470. The molecule has 1 unspecified atom stereocenters. The minimum absolute atomic E-state index is 0.195. The fourth-order valence-corrected chi connectivity index (χ4v) is 3.49. The van der Waals surface area contributed by atoms with Crippen molar-refractivity contribution in [3.63, 3.8) is 0 Å². The Morgan fingerprint density at radius 1 is 1.21 bits per heavy atom. The molecule has 1 saturated carbocycles. The highest BCUT2D eigenvalue weighted by atomic mass is 16.3. The van der Waals surface area contributed by atoms with E-state index in [9.17, 15) is 5.11 Å². The van der Waals surface area contributed by atoms with Gasteiger partial charge in [-0.1, -0.05) is 24.3 Å². The molecule has 1 aliphatic heterocycles. The second-order valence-corrected chi connectivity index (χ2v) is 7.14. The second-order valence-electron chi connectivity index (χ2n) is 7.14. The first-order valence-corrected chi connectivity index (χ1v) is 7.50. The molecular formula is C17H25NO. The Kier molecular flexibility index (Phi) is 2.99. The topological polar surface area (TPSA) is 23.5 Å². The molecule has 0 radical (unpaired) electrons. The first-order valence-electron chi connectivity index (χ1n) is 7.50. The van der Waals surface area contributed by atoms with Gasteiger partial charge in [-0.2, -0.15) is 0 Å². The van der Waals surface area contributed by atoms with E-state index in [1.165, 1.54) is 30.5 Å². The summed E-state index contributed by atoms with van der Waals surface area (Å²) in [5, 5.41) is 10.5. The van der Waals surface area contributed by atoms with Crippen LogP contribution in [0.15, 0.2) is 24.3 Å². The van der Waals surface area contributed by atoms with Crippen molar-refractivity contribution < 1.29 is 5.11 Å². The summed E-state index contributed by atoms with van der Waals surface area (Å²) >= 11 is 0. The Balaban J connectivity index is 1.98. The van der Waals surface area contributed by atoms with Crippen LogP contribution in [0.5, 0.6) is 0 Å². The number of benzene rings is 1. The number of likely N-dealkylation sites (tertiary alicyclic amines) is 1. The first-order chi connectivity index (χ1) is 8.92. The van der Waals surface area contributed by atoms with E-state index >= 15 is 0 Å². The van der Waals surface area contributed by atoms with Gasteiger partial charge in [-0.25, -0.2) is 0 Å². The summed E-state index contributed by atoms with van der Waals surface area (Å²) in [5.74, 6) is 0. The minimum Gasteiger partial charge on any atom is -0.385 e. The highest BCUT2D eigenvalue weighted by Crippen LogP contribution is 2.49. The minimum atomic E-state index is -0.525. The van der Waals surface area contributed by atoms with Gasteiger partial charge in [-0.15, -0.1) is 0 Å². The molecule has 0 bridgehead atoms. The highest BCUT2D eigenvalue weighted by molar-refractivity contribution is 5.38. The van der Waals surface area contributed by atoms with Crippen molar-refractivity contribution in [3.8, 4) is 0 Å². The van der Waals surface area contributed by atoms with Crippen molar-refractivity contribution in [2.45, 2.75) is 63.6 Å². The normalized spacial score (nSPS) is 26.6. The molecule has 0 amide bonds. The maximum atomic E-state index is 10.5. The van der Waals surface area contributed by atoms with Crippen molar-refractivity contribution in [2.75, 3.05) is 6.54 Å². The van der Waals surface area contributed by atoms with Crippen molar-refractivity contribution in [2.24, 2.45) is 0 Å². The van der Waals surface area contributed by atoms with Gasteiger partial charge in [0, 0.05) is 11.6 Å². The molecule has 0 aromatic heterocycles. The van der Waals surface area contributed by atoms with Gasteiger partial charge in [0.05, 0.1) is 5.60 Å². The first kappa shape index (κ1) is 13.1. The second kappa shape index (κ2) is 4.32. The van der Waals surface area contributed by atoms with Crippen LogP contribution >= 0.6 is 0 Å². The van der Waals surface area contributed by atoms with Gasteiger partial charge in [-0.3, -0.25) is 4.90 Å². The number of hydrogen-bond donors (Lipinski definition) is 1. The van der Waals surface area contributed by atoms with Crippen LogP contribution in [0.2, 0.25) is 0 Å². The summed E-state index contributed by atoms with van der Waals surface area (Å²) in [6, 6.07) is 9.00. The van der Waals surface area contributed by atoms with Crippen molar-refractivity contribution in [1.29, 1.82) is 0 Å². The zero-order valence-corrected chi connectivity index (χ0v) is 12.3. The summed E-state index contributed by atoms with van der Waals surface area (Å²) in [6.45, 7) is 8.04. The van der Waals surface area contributed by atoms with Gasteiger partial charge in [0.1, 0.15) is 0 Å². The molecule has 1 saturated heterocycles. The third-order valence-electron chi connectivity index (χ3n) is 4.66. The molecule has 2 aliphatic rings. The quantitative estimate of drug-likeness (QED) is 0.877. The van der Waals surface area contributed by atoms with Crippen LogP contribution in [0.3, 0.4) is 0 Å². The monoisotopic (exact) mass is 259 g/mol. The van der Waals surface area contributed by atoms with Gasteiger partial charge >= 0.3 is 0 Å². The molecule has 1 aromatic rings. The molecular weight excluding hydrogens is 234 g/mol. The molecule has 3 rings (SSSR count). The molecule has 2 nitrogen and oxygen atoms in total. The lowest BCUT2D eigenvalue weighted by molar-refractivity contribution is 0.113. The van der Waals surface area contributed by atoms with E-state index in [2.05, 4.69) is 49.9 Å². The fraction of sp³-hybridized carbons (Fsp3) is 0.647. The van der Waals surface area contributed by atoms with Gasteiger partial charge in [0.2, 0.25) is 0 Å². The van der Waals surface area contributed by atoms with Gasteiger partial charge in [0.15, 0.2) is 0 Å². The average molecular weight is 259 g/mol. The third kappa shape index (κ3) is 2.32. The van der Waals surface area contributed by atoms with E-state index in [-0.39, 0.29) is 5.54 Å². The van der Waals surface area contributed by atoms with Gasteiger partial charge in [-0.05, 0) is 64.1 Å². The summed E-state index contributed by atoms with van der Waals surface area (Å²) < 4.78 is 0. The highest BCUT2D eigenvalue weighted by Gasteiger charge is 2.45. The summed E-state index contributed by atoms with van der Waals surface area (Å²) in [5.41, 5.74) is 2.20. The van der Waals surface area contributed by atoms with E-state index < -0.39 is 5.60 Å². The van der Waals surface area contributed by atoms with Crippen LogP contribution in [0.1, 0.15) is 63.6 Å². The Morgan fingerprint density at radius 3 is 2.53 bits per heavy atom. The van der Waals surface area contributed by atoms with Crippen molar-refractivity contribution in [3.05, 3.63) is 35.4 Å². The van der Waals surface area contributed by atoms with Crippen LogP contribution in [0, 0.1) is 0 Å². The maximum Gasteiger partial charge on any atom is 0.0902 e. The number of aliphatic hydroxyl groups is 1. The van der Waals surface area contributed by atoms with Gasteiger partial charge in [0.25, 0.3) is 0 Å². The van der Waals surface area contributed by atoms with Crippen LogP contribution < -0.4 is 0 Å². The molecule has 19 heavy (non-hydrogen) atoms. The number of nitrogens with zero attached hydrogens (tertiary/aromatic N) is 1. The smallest absolute Gasteiger partial charge is 0.0902 e. The molecule has 1 heterocycles. The number of hydrogen-bond acceptors (Lipinski definition) is 2. The molecule has 2 heteroatoms. The summed E-state index contributed by atoms with van der Waals surface area (Å²) in [4.78, 5) is 2.59. The lowest BCUT2D eigenvalue weighted by Crippen LogP contribution is -2.41. The van der Waals surface area contributed by atoms with Crippen LogP contribution in [0.4, 0.5) is 0 Å². The van der Waals surface area contributed by atoms with Crippen molar-refractivity contribution in [1.82, 2.24) is 4.90 Å². The Morgan fingerprint density at radius 2 is 1.89 bits per heavy atom. The van der Waals surface area contributed by atoms with Crippen LogP contribution in [0.25, 0.3) is 0 Å². The van der Waals surface area contributed by atoms with Gasteiger partial charge < -0.3 is 5.11 Å². The fourth-order valence-electron chi connectivity index (χ4n) is 3.49. The lowest BCUT2D eigenvalue weighted by Gasteiger charge is -2.38. The number of rotatable bonds is 2. The Hall–Kier alpha value is -0.860. The van der Waals surface area contributed by atoms with E-state index in [1.807, 2.05) is 0 Å². The molecule has 0 spiro atoms. The van der Waals surface area contributed by atoms with Crippen molar-refractivity contribution >= 4 is 0 Å². The predicted molar refractivity (Wildman–Crippen MR) is 78.0 cm³/mol. The average Bonchev–Trinajstić information content (AvgIpc) is 2.93. The molecule has 2 fully saturated rings. The molecule has 1 aliphatic carbocycles. The molecule has 1 aromatic carbocycles. The Labute approximate surface area is 116 Å². The van der Waals surface area contributed by atoms with Crippen LogP contribution in [-0.4, -0.2) is 22.1 Å².